The van der Waals surface area contributed by atoms with E-state index in [9.17, 15) is 0 Å². The van der Waals surface area contributed by atoms with Gasteiger partial charge in [-0.1, -0.05) is 20.8 Å². The van der Waals surface area contributed by atoms with Gasteiger partial charge >= 0.3 is 0 Å². The molecule has 2 N–H and O–H groups in total. The van der Waals surface area contributed by atoms with Crippen LogP contribution in [0, 0.1) is 12.8 Å². The fraction of sp³-hybridized carbons (Fsp3) is 0.800. The van der Waals surface area contributed by atoms with E-state index in [-0.39, 0.29) is 5.54 Å². The normalized spacial score (nSPS) is 27.7. The molecule has 0 aromatic carbocycles. The Morgan fingerprint density at radius 3 is 2.79 bits per heavy atom. The molecule has 0 amide bonds. The van der Waals surface area contributed by atoms with Gasteiger partial charge in [0.2, 0.25) is 0 Å². The van der Waals surface area contributed by atoms with Gasteiger partial charge in [0.05, 0.1) is 11.2 Å². The fourth-order valence-corrected chi connectivity index (χ4v) is 4.56. The van der Waals surface area contributed by atoms with Crippen LogP contribution in [0.3, 0.4) is 0 Å². The van der Waals surface area contributed by atoms with E-state index in [1.54, 1.807) is 0 Å². The van der Waals surface area contributed by atoms with Crippen molar-refractivity contribution in [3.63, 3.8) is 0 Å². The molecule has 0 bridgehead atoms. The second-order valence-corrected chi connectivity index (χ2v) is 6.64. The third kappa shape index (κ3) is 2.71. The number of hydrogen-bond acceptors (Lipinski definition) is 4. The van der Waals surface area contributed by atoms with E-state index in [2.05, 4.69) is 38.3 Å². The molecule has 2 unspecified atom stereocenters. The van der Waals surface area contributed by atoms with E-state index in [0.29, 0.717) is 5.92 Å². The number of aryl methyl sites for hydroxylation is 2. The molecule has 1 aliphatic heterocycles. The molecule has 2 atom stereocenters. The first kappa shape index (κ1) is 14.9. The molecular formula is C15H27N3S. The number of piperidine rings is 1. The summed E-state index contributed by atoms with van der Waals surface area (Å²) in [6.45, 7) is 12.1. The zero-order chi connectivity index (χ0) is 13.9. The lowest BCUT2D eigenvalue weighted by atomic mass is 9.77. The third-order valence-corrected chi connectivity index (χ3v) is 5.57. The minimum absolute atomic E-state index is 0.0948. The molecule has 4 heteroatoms. The zero-order valence-electron chi connectivity index (χ0n) is 12.7. The predicted octanol–water partition coefficient (Wildman–Crippen LogP) is 2.84. The van der Waals surface area contributed by atoms with Crippen LogP contribution in [0.5, 0.6) is 0 Å². The molecule has 1 saturated heterocycles. The molecule has 108 valence electrons. The average molecular weight is 281 g/mol. The van der Waals surface area contributed by atoms with Crippen LogP contribution in [-0.2, 0) is 12.0 Å². The van der Waals surface area contributed by atoms with Gasteiger partial charge in [-0.3, -0.25) is 0 Å². The smallest absolute Gasteiger partial charge is 0.114 e. The van der Waals surface area contributed by atoms with Gasteiger partial charge in [0.1, 0.15) is 5.01 Å². The van der Waals surface area contributed by atoms with Crippen molar-refractivity contribution in [3.05, 3.63) is 15.6 Å². The molecule has 1 fully saturated rings. The highest BCUT2D eigenvalue weighted by atomic mass is 32.1. The van der Waals surface area contributed by atoms with Crippen molar-refractivity contribution in [1.82, 2.24) is 15.6 Å². The lowest BCUT2D eigenvalue weighted by Gasteiger charge is -2.43. The Morgan fingerprint density at radius 1 is 1.42 bits per heavy atom. The van der Waals surface area contributed by atoms with Gasteiger partial charge in [-0.25, -0.2) is 4.98 Å². The molecule has 2 heterocycles. The number of thiazole rings is 1. The van der Waals surface area contributed by atoms with Crippen LogP contribution in [0.1, 0.15) is 49.2 Å². The molecule has 2 rings (SSSR count). The fourth-order valence-electron chi connectivity index (χ4n) is 3.29. The minimum atomic E-state index is 0.0948. The van der Waals surface area contributed by atoms with Crippen LogP contribution in [-0.4, -0.2) is 24.6 Å². The molecule has 1 aromatic heterocycles. The van der Waals surface area contributed by atoms with Gasteiger partial charge in [-0.15, -0.1) is 11.3 Å². The molecule has 3 nitrogen and oxygen atoms in total. The van der Waals surface area contributed by atoms with Crippen LogP contribution >= 0.6 is 11.3 Å². The number of nitrogens with one attached hydrogen (secondary N) is 2. The highest BCUT2D eigenvalue weighted by Gasteiger charge is 2.43. The van der Waals surface area contributed by atoms with Gasteiger partial charge in [-0.2, -0.15) is 0 Å². The number of nitrogens with zero attached hydrogens (tertiary/aromatic N) is 1. The van der Waals surface area contributed by atoms with Crippen molar-refractivity contribution in [2.75, 3.05) is 19.6 Å². The van der Waals surface area contributed by atoms with Crippen molar-refractivity contribution in [3.8, 4) is 0 Å². The van der Waals surface area contributed by atoms with Crippen LogP contribution in [0.2, 0.25) is 0 Å². The van der Waals surface area contributed by atoms with Gasteiger partial charge in [0.15, 0.2) is 0 Å². The van der Waals surface area contributed by atoms with Crippen molar-refractivity contribution in [2.45, 2.75) is 52.5 Å². The standard InChI is InChI=1S/C15H27N3S/c1-5-12-10-16-9-8-15(12,17-7-3)14-18-13(6-2)11(4)19-14/h12,16-17H,5-10H2,1-4H3. The van der Waals surface area contributed by atoms with E-state index in [1.165, 1.54) is 22.0 Å². The summed E-state index contributed by atoms with van der Waals surface area (Å²) < 4.78 is 0. The summed E-state index contributed by atoms with van der Waals surface area (Å²) in [7, 11) is 0. The second-order valence-electron chi connectivity index (χ2n) is 5.44. The molecule has 1 aromatic rings. The topological polar surface area (TPSA) is 37.0 Å². The quantitative estimate of drug-likeness (QED) is 0.871. The van der Waals surface area contributed by atoms with Crippen molar-refractivity contribution < 1.29 is 0 Å². The van der Waals surface area contributed by atoms with Gasteiger partial charge < -0.3 is 10.6 Å². The zero-order valence-corrected chi connectivity index (χ0v) is 13.5. The summed E-state index contributed by atoms with van der Waals surface area (Å²) in [5, 5.41) is 8.65. The maximum Gasteiger partial charge on any atom is 0.114 e. The largest absolute Gasteiger partial charge is 0.316 e. The van der Waals surface area contributed by atoms with Crippen molar-refractivity contribution in [1.29, 1.82) is 0 Å². The highest BCUT2D eigenvalue weighted by Crippen LogP contribution is 2.39. The first-order valence-electron chi connectivity index (χ1n) is 7.60. The maximum atomic E-state index is 4.97. The maximum absolute atomic E-state index is 4.97. The molecule has 19 heavy (non-hydrogen) atoms. The summed E-state index contributed by atoms with van der Waals surface area (Å²) >= 11 is 1.90. The molecule has 1 aliphatic rings. The van der Waals surface area contributed by atoms with Crippen LogP contribution in [0.25, 0.3) is 0 Å². The first-order valence-corrected chi connectivity index (χ1v) is 8.42. The summed E-state index contributed by atoms with van der Waals surface area (Å²) in [6, 6.07) is 0. The summed E-state index contributed by atoms with van der Waals surface area (Å²) in [5.74, 6) is 0.636. The molecule has 0 spiro atoms. The lowest BCUT2D eigenvalue weighted by molar-refractivity contribution is 0.151. The highest BCUT2D eigenvalue weighted by molar-refractivity contribution is 7.11. The summed E-state index contributed by atoms with van der Waals surface area (Å²) in [4.78, 5) is 6.36. The molecule has 0 saturated carbocycles. The predicted molar refractivity (Wildman–Crippen MR) is 82.9 cm³/mol. The average Bonchev–Trinajstić information content (AvgIpc) is 2.81. The Hall–Kier alpha value is -0.450. The Morgan fingerprint density at radius 2 is 2.21 bits per heavy atom. The molecular weight excluding hydrogens is 254 g/mol. The monoisotopic (exact) mass is 281 g/mol. The van der Waals surface area contributed by atoms with Gasteiger partial charge in [0, 0.05) is 11.4 Å². The third-order valence-electron chi connectivity index (χ3n) is 4.38. The second kappa shape index (κ2) is 6.33. The number of hydrogen-bond donors (Lipinski definition) is 2. The Kier molecular flexibility index (Phi) is 4.98. The van der Waals surface area contributed by atoms with Crippen LogP contribution in [0.4, 0.5) is 0 Å². The van der Waals surface area contributed by atoms with E-state index in [0.717, 1.165) is 32.5 Å². The van der Waals surface area contributed by atoms with E-state index < -0.39 is 0 Å². The molecule has 0 radical (unpaired) electrons. The Balaban J connectivity index is 2.41. The van der Waals surface area contributed by atoms with E-state index >= 15 is 0 Å². The van der Waals surface area contributed by atoms with E-state index in [4.69, 9.17) is 4.98 Å². The first-order chi connectivity index (χ1) is 9.17. The summed E-state index contributed by atoms with van der Waals surface area (Å²) in [6.07, 6.45) is 3.38. The van der Waals surface area contributed by atoms with Crippen LogP contribution in [0.15, 0.2) is 0 Å². The SMILES string of the molecule is CCNC1(c2nc(CC)c(C)s2)CCNCC1CC. The number of aromatic nitrogens is 1. The van der Waals surface area contributed by atoms with Gasteiger partial charge in [-0.05, 0) is 45.2 Å². The molecule has 0 aliphatic carbocycles. The van der Waals surface area contributed by atoms with E-state index in [1.807, 2.05) is 11.3 Å². The Bertz CT molecular complexity index is 412. The Labute approximate surface area is 121 Å². The minimum Gasteiger partial charge on any atom is -0.316 e. The van der Waals surface area contributed by atoms with Crippen molar-refractivity contribution >= 4 is 11.3 Å². The van der Waals surface area contributed by atoms with Crippen molar-refractivity contribution in [2.24, 2.45) is 5.92 Å². The summed E-state index contributed by atoms with van der Waals surface area (Å²) in [5.41, 5.74) is 1.38. The van der Waals surface area contributed by atoms with Gasteiger partial charge in [0.25, 0.3) is 0 Å². The lowest BCUT2D eigenvalue weighted by Crippen LogP contribution is -2.56. The number of rotatable bonds is 5. The van der Waals surface area contributed by atoms with Crippen LogP contribution < -0.4 is 10.6 Å².